The van der Waals surface area contributed by atoms with Gasteiger partial charge in [0.2, 0.25) is 0 Å². The molecule has 1 aromatic heterocycles. The van der Waals surface area contributed by atoms with Crippen LogP contribution in [0.4, 0.5) is 5.82 Å². The zero-order valence-corrected chi connectivity index (χ0v) is 11.8. The number of pyridine rings is 1. The number of aliphatic hydroxyl groups is 1. The number of aliphatic hydroxyl groups excluding tert-OH is 1. The third kappa shape index (κ3) is 4.87. The highest BCUT2D eigenvalue weighted by Gasteiger charge is 2.16. The number of carbonyl (C=O) groups is 1. The van der Waals surface area contributed by atoms with E-state index in [2.05, 4.69) is 15.6 Å². The summed E-state index contributed by atoms with van der Waals surface area (Å²) >= 11 is 0. The fourth-order valence-electron chi connectivity index (χ4n) is 1.77. The molecule has 0 spiro atoms. The molecular formula is C14H23N3O2. The largest absolute Gasteiger partial charge is 0.396 e. The summed E-state index contributed by atoms with van der Waals surface area (Å²) in [6.07, 6.45) is 3.02. The van der Waals surface area contributed by atoms with E-state index in [-0.39, 0.29) is 24.6 Å². The first-order valence-electron chi connectivity index (χ1n) is 6.71. The van der Waals surface area contributed by atoms with Crippen LogP contribution in [0, 0.1) is 0 Å². The summed E-state index contributed by atoms with van der Waals surface area (Å²) < 4.78 is 0. The lowest BCUT2D eigenvalue weighted by atomic mass is 10.1. The first-order valence-corrected chi connectivity index (χ1v) is 6.71. The quantitative estimate of drug-likeness (QED) is 0.702. The SMILES string of the molecule is CCC(CCO)NC(=O)c1cccnc1NC(C)C. The van der Waals surface area contributed by atoms with Crippen LogP contribution in [-0.4, -0.2) is 34.7 Å². The number of hydrogen-bond acceptors (Lipinski definition) is 4. The van der Waals surface area contributed by atoms with Crippen LogP contribution in [0.5, 0.6) is 0 Å². The third-order valence-corrected chi connectivity index (χ3v) is 2.78. The van der Waals surface area contributed by atoms with Crippen molar-refractivity contribution < 1.29 is 9.90 Å². The Labute approximate surface area is 114 Å². The number of hydrogen-bond donors (Lipinski definition) is 3. The zero-order valence-electron chi connectivity index (χ0n) is 11.8. The predicted molar refractivity (Wildman–Crippen MR) is 76.2 cm³/mol. The van der Waals surface area contributed by atoms with Crippen molar-refractivity contribution in [1.29, 1.82) is 0 Å². The fraction of sp³-hybridized carbons (Fsp3) is 0.571. The van der Waals surface area contributed by atoms with Crippen LogP contribution in [0.1, 0.15) is 44.0 Å². The molecule has 0 saturated carbocycles. The molecule has 0 aromatic carbocycles. The lowest BCUT2D eigenvalue weighted by Crippen LogP contribution is -2.35. The summed E-state index contributed by atoms with van der Waals surface area (Å²) in [5, 5.41) is 15.0. The molecule has 1 atom stereocenters. The third-order valence-electron chi connectivity index (χ3n) is 2.78. The van der Waals surface area contributed by atoms with E-state index in [9.17, 15) is 4.79 Å². The Hall–Kier alpha value is -1.62. The highest BCUT2D eigenvalue weighted by atomic mass is 16.3. The first-order chi connectivity index (χ1) is 9.08. The molecule has 1 amide bonds. The van der Waals surface area contributed by atoms with Crippen LogP contribution >= 0.6 is 0 Å². The van der Waals surface area contributed by atoms with E-state index >= 15 is 0 Å². The van der Waals surface area contributed by atoms with E-state index in [1.165, 1.54) is 0 Å². The molecule has 0 aliphatic rings. The average Bonchev–Trinajstić information content (AvgIpc) is 2.38. The molecule has 19 heavy (non-hydrogen) atoms. The monoisotopic (exact) mass is 265 g/mol. The average molecular weight is 265 g/mol. The van der Waals surface area contributed by atoms with Crippen molar-refractivity contribution in [3.8, 4) is 0 Å². The van der Waals surface area contributed by atoms with Crippen molar-refractivity contribution >= 4 is 11.7 Å². The summed E-state index contributed by atoms with van der Waals surface area (Å²) in [5.41, 5.74) is 0.535. The minimum absolute atomic E-state index is 0.00962. The van der Waals surface area contributed by atoms with Gasteiger partial charge < -0.3 is 15.7 Å². The zero-order chi connectivity index (χ0) is 14.3. The van der Waals surface area contributed by atoms with E-state index in [0.29, 0.717) is 17.8 Å². The van der Waals surface area contributed by atoms with Crippen molar-refractivity contribution in [3.63, 3.8) is 0 Å². The number of rotatable bonds is 7. The molecule has 3 N–H and O–H groups in total. The van der Waals surface area contributed by atoms with Gasteiger partial charge in [-0.15, -0.1) is 0 Å². The van der Waals surface area contributed by atoms with Gasteiger partial charge in [0.25, 0.3) is 5.91 Å². The molecule has 1 rings (SSSR count). The van der Waals surface area contributed by atoms with Gasteiger partial charge in [-0.05, 0) is 38.8 Å². The standard InChI is InChI=1S/C14H23N3O2/c1-4-11(7-9-18)17-14(19)12-6-5-8-15-13(12)16-10(2)3/h5-6,8,10-11,18H,4,7,9H2,1-3H3,(H,15,16)(H,17,19). The molecule has 1 heterocycles. The van der Waals surface area contributed by atoms with Gasteiger partial charge in [-0.25, -0.2) is 4.98 Å². The Bertz CT molecular complexity index is 407. The van der Waals surface area contributed by atoms with Gasteiger partial charge in [-0.2, -0.15) is 0 Å². The van der Waals surface area contributed by atoms with Gasteiger partial charge in [-0.3, -0.25) is 4.79 Å². The Kier molecular flexibility index (Phi) is 6.29. The summed E-state index contributed by atoms with van der Waals surface area (Å²) in [6.45, 7) is 6.05. The predicted octanol–water partition coefficient (Wildman–Crippen LogP) is 1.79. The van der Waals surface area contributed by atoms with Crippen molar-refractivity contribution in [2.75, 3.05) is 11.9 Å². The minimum Gasteiger partial charge on any atom is -0.396 e. The molecule has 1 unspecified atom stereocenters. The highest BCUT2D eigenvalue weighted by Crippen LogP contribution is 2.13. The molecule has 0 radical (unpaired) electrons. The van der Waals surface area contributed by atoms with Gasteiger partial charge in [-0.1, -0.05) is 6.92 Å². The van der Waals surface area contributed by atoms with Gasteiger partial charge in [0, 0.05) is 24.9 Å². The molecule has 5 nitrogen and oxygen atoms in total. The molecule has 5 heteroatoms. The van der Waals surface area contributed by atoms with E-state index in [4.69, 9.17) is 5.11 Å². The second-order valence-corrected chi connectivity index (χ2v) is 4.79. The Balaban J connectivity index is 2.81. The van der Waals surface area contributed by atoms with E-state index in [0.717, 1.165) is 6.42 Å². The Morgan fingerprint density at radius 1 is 1.47 bits per heavy atom. The maximum atomic E-state index is 12.2. The lowest BCUT2D eigenvalue weighted by molar-refractivity contribution is 0.0929. The maximum Gasteiger partial charge on any atom is 0.255 e. The molecule has 1 aromatic rings. The van der Waals surface area contributed by atoms with Crippen LogP contribution < -0.4 is 10.6 Å². The van der Waals surface area contributed by atoms with Gasteiger partial charge in [0.1, 0.15) is 5.82 Å². The number of anilines is 1. The molecular weight excluding hydrogens is 242 g/mol. The second-order valence-electron chi connectivity index (χ2n) is 4.79. The molecule has 0 aliphatic heterocycles. The van der Waals surface area contributed by atoms with Crippen molar-refractivity contribution in [2.24, 2.45) is 0 Å². The van der Waals surface area contributed by atoms with Crippen molar-refractivity contribution in [1.82, 2.24) is 10.3 Å². The van der Waals surface area contributed by atoms with Crippen LogP contribution in [0.15, 0.2) is 18.3 Å². The van der Waals surface area contributed by atoms with Gasteiger partial charge in [0.15, 0.2) is 0 Å². The number of aromatic nitrogens is 1. The summed E-state index contributed by atoms with van der Waals surface area (Å²) in [6, 6.07) is 3.69. The van der Waals surface area contributed by atoms with Gasteiger partial charge in [0.05, 0.1) is 5.56 Å². The Morgan fingerprint density at radius 3 is 2.79 bits per heavy atom. The summed E-state index contributed by atoms with van der Waals surface area (Å²) in [5.74, 6) is 0.436. The topological polar surface area (TPSA) is 74.2 Å². The molecule has 0 bridgehead atoms. The molecule has 0 aliphatic carbocycles. The number of carbonyl (C=O) groups excluding carboxylic acids is 1. The molecule has 0 saturated heterocycles. The maximum absolute atomic E-state index is 12.2. The number of nitrogens with one attached hydrogen (secondary N) is 2. The van der Waals surface area contributed by atoms with E-state index < -0.39 is 0 Å². The van der Waals surface area contributed by atoms with Crippen LogP contribution in [-0.2, 0) is 0 Å². The van der Waals surface area contributed by atoms with Crippen LogP contribution in [0.3, 0.4) is 0 Å². The minimum atomic E-state index is -0.156. The second kappa shape index (κ2) is 7.74. The number of amides is 1. The van der Waals surface area contributed by atoms with Crippen LogP contribution in [0.25, 0.3) is 0 Å². The van der Waals surface area contributed by atoms with E-state index in [1.807, 2.05) is 20.8 Å². The smallest absolute Gasteiger partial charge is 0.255 e. The van der Waals surface area contributed by atoms with Crippen molar-refractivity contribution in [3.05, 3.63) is 23.9 Å². The Morgan fingerprint density at radius 2 is 2.21 bits per heavy atom. The van der Waals surface area contributed by atoms with Crippen molar-refractivity contribution in [2.45, 2.75) is 45.7 Å². The van der Waals surface area contributed by atoms with E-state index in [1.54, 1.807) is 18.3 Å². The molecule has 106 valence electrons. The fourth-order valence-corrected chi connectivity index (χ4v) is 1.77. The first kappa shape index (κ1) is 15.4. The molecule has 0 fully saturated rings. The summed E-state index contributed by atoms with van der Waals surface area (Å²) in [4.78, 5) is 16.4. The summed E-state index contributed by atoms with van der Waals surface area (Å²) in [7, 11) is 0. The lowest BCUT2D eigenvalue weighted by Gasteiger charge is -2.18. The highest BCUT2D eigenvalue weighted by molar-refractivity contribution is 5.98. The normalized spacial score (nSPS) is 12.3. The van der Waals surface area contributed by atoms with Gasteiger partial charge >= 0.3 is 0 Å². The van der Waals surface area contributed by atoms with Crippen LogP contribution in [0.2, 0.25) is 0 Å². The number of nitrogens with zero attached hydrogens (tertiary/aromatic N) is 1.